The van der Waals surface area contributed by atoms with Gasteiger partial charge >= 0.3 is 5.97 Å². The van der Waals surface area contributed by atoms with Gasteiger partial charge in [-0.1, -0.05) is 42.5 Å². The molecule has 1 aliphatic carbocycles. The van der Waals surface area contributed by atoms with Crippen molar-refractivity contribution in [3.05, 3.63) is 118 Å². The summed E-state index contributed by atoms with van der Waals surface area (Å²) < 4.78 is 11.3. The smallest absolute Gasteiger partial charge is 0.337 e. The van der Waals surface area contributed by atoms with E-state index in [-0.39, 0.29) is 30.5 Å². The first-order valence-electron chi connectivity index (χ1n) is 12.7. The van der Waals surface area contributed by atoms with Gasteiger partial charge in [0.25, 0.3) is 0 Å². The largest absolute Gasteiger partial charge is 0.508 e. The zero-order valence-corrected chi connectivity index (χ0v) is 21.7. The first-order valence-corrected chi connectivity index (χ1v) is 12.7. The Labute approximate surface area is 227 Å². The summed E-state index contributed by atoms with van der Waals surface area (Å²) in [6.45, 7) is 1.78. The minimum Gasteiger partial charge on any atom is -0.508 e. The number of aromatic hydroxyl groups is 1. The number of rotatable bonds is 6. The van der Waals surface area contributed by atoms with Crippen LogP contribution in [0.1, 0.15) is 53.9 Å². The molecule has 3 aromatic carbocycles. The number of allylic oxidation sites excluding steroid dienone is 3. The van der Waals surface area contributed by atoms with E-state index in [0.717, 1.165) is 17.0 Å². The molecule has 0 saturated carbocycles. The molecule has 0 amide bonds. The average Bonchev–Trinajstić information content (AvgIpc) is 2.95. The van der Waals surface area contributed by atoms with E-state index >= 15 is 0 Å². The number of ketones is 1. The predicted molar refractivity (Wildman–Crippen MR) is 145 cm³/mol. The van der Waals surface area contributed by atoms with Crippen molar-refractivity contribution in [3.63, 3.8) is 0 Å². The zero-order valence-electron chi connectivity index (χ0n) is 21.7. The fraction of sp³-hybridized carbons (Fsp3) is 0.219. The number of carbonyl (C=O) groups is 2. The predicted octanol–water partition coefficient (Wildman–Crippen LogP) is 5.38. The number of esters is 1. The van der Waals surface area contributed by atoms with Gasteiger partial charge in [0.1, 0.15) is 18.1 Å². The first kappa shape index (κ1) is 25.8. The third-order valence-corrected chi connectivity index (χ3v) is 7.26. The number of Topliss-reactive ketones (excluding diaryl/α,β-unsaturated/α-hetero) is 1. The number of nitrogens with zero attached hydrogens (tertiary/aromatic N) is 1. The van der Waals surface area contributed by atoms with Gasteiger partial charge in [0.2, 0.25) is 0 Å². The normalized spacial score (nSPS) is 18.6. The highest BCUT2D eigenvalue weighted by Gasteiger charge is 2.42. The zero-order chi connectivity index (χ0) is 27.5. The van der Waals surface area contributed by atoms with Crippen LogP contribution in [0.2, 0.25) is 0 Å². The minimum absolute atomic E-state index is 0.0202. The second kappa shape index (κ2) is 10.9. The number of nitrogens with one attached hydrogen (secondary N) is 1. The van der Waals surface area contributed by atoms with Gasteiger partial charge in [-0.15, -0.1) is 0 Å². The number of nitriles is 1. The molecule has 7 nitrogen and oxygen atoms in total. The molecular weight excluding hydrogens is 492 g/mol. The topological polar surface area (TPSA) is 109 Å². The molecule has 5 rings (SSSR count). The molecule has 1 heterocycles. The van der Waals surface area contributed by atoms with Crippen LogP contribution in [0.4, 0.5) is 0 Å². The van der Waals surface area contributed by atoms with Crippen molar-refractivity contribution >= 4 is 11.8 Å². The van der Waals surface area contributed by atoms with E-state index in [0.29, 0.717) is 40.0 Å². The van der Waals surface area contributed by atoms with E-state index < -0.39 is 11.9 Å². The van der Waals surface area contributed by atoms with E-state index in [2.05, 4.69) is 11.4 Å². The molecule has 2 aliphatic rings. The number of phenolic OH excluding ortho intramolecular Hbond substituents is 1. The summed E-state index contributed by atoms with van der Waals surface area (Å²) in [6.07, 6.45) is 0.829. The van der Waals surface area contributed by atoms with E-state index in [1.165, 1.54) is 0 Å². The van der Waals surface area contributed by atoms with Gasteiger partial charge in [-0.05, 0) is 60.4 Å². The van der Waals surface area contributed by atoms with Crippen LogP contribution in [0.3, 0.4) is 0 Å². The number of phenols is 1. The molecule has 0 fully saturated rings. The first-order chi connectivity index (χ1) is 18.9. The molecule has 7 heteroatoms. The lowest BCUT2D eigenvalue weighted by Crippen LogP contribution is -2.36. The fourth-order valence-corrected chi connectivity index (χ4v) is 5.53. The van der Waals surface area contributed by atoms with E-state index in [4.69, 9.17) is 9.47 Å². The highest BCUT2D eigenvalue weighted by molar-refractivity contribution is 6.04. The van der Waals surface area contributed by atoms with Crippen molar-refractivity contribution in [2.45, 2.75) is 38.2 Å². The van der Waals surface area contributed by atoms with Crippen LogP contribution in [0.25, 0.3) is 0 Å². The summed E-state index contributed by atoms with van der Waals surface area (Å²) in [5, 5.41) is 22.8. The maximum atomic E-state index is 13.8. The van der Waals surface area contributed by atoms with Gasteiger partial charge in [0, 0.05) is 35.2 Å². The summed E-state index contributed by atoms with van der Waals surface area (Å²) in [7, 11) is 1.62. The lowest BCUT2D eigenvalue weighted by molar-refractivity contribution is -0.140. The molecular formula is C32H28N2O5. The number of ether oxygens (including phenoxy) is 2. The molecule has 3 aromatic rings. The summed E-state index contributed by atoms with van der Waals surface area (Å²) in [4.78, 5) is 27.4. The molecule has 2 unspecified atom stereocenters. The van der Waals surface area contributed by atoms with Gasteiger partial charge in [-0.2, -0.15) is 5.26 Å². The summed E-state index contributed by atoms with van der Waals surface area (Å²) in [5.41, 5.74) is 4.93. The molecule has 0 bridgehead atoms. The van der Waals surface area contributed by atoms with E-state index in [1.54, 1.807) is 62.6 Å². The van der Waals surface area contributed by atoms with Crippen LogP contribution in [0.5, 0.6) is 11.5 Å². The van der Waals surface area contributed by atoms with Gasteiger partial charge in [0.15, 0.2) is 5.78 Å². The van der Waals surface area contributed by atoms with Crippen molar-refractivity contribution < 1.29 is 24.2 Å². The number of methoxy groups -OCH3 is 1. The lowest BCUT2D eigenvalue weighted by Gasteiger charge is -2.37. The van der Waals surface area contributed by atoms with Crippen molar-refractivity contribution in [2.75, 3.05) is 7.11 Å². The number of carbonyl (C=O) groups excluding carboxylic acids is 2. The monoisotopic (exact) mass is 520 g/mol. The van der Waals surface area contributed by atoms with Gasteiger partial charge in [-0.3, -0.25) is 4.79 Å². The van der Waals surface area contributed by atoms with Crippen LogP contribution in [-0.4, -0.2) is 24.0 Å². The number of hydrogen-bond acceptors (Lipinski definition) is 7. The van der Waals surface area contributed by atoms with Crippen molar-refractivity contribution in [2.24, 2.45) is 0 Å². The van der Waals surface area contributed by atoms with Crippen molar-refractivity contribution in [3.8, 4) is 17.6 Å². The standard InChI is InChI=1S/C32H28N2O5/c1-19-29(32(37)39-18-21-8-5-7-20(13-21)17-33)30(22-9-6-10-24(35)14-22)31-26(34-19)15-23(16-27(31)36)25-11-3-4-12-28(25)38-2/h3-14,23,30,34-35H,15-16,18H2,1-2H3. The molecule has 0 saturated heterocycles. The average molecular weight is 521 g/mol. The molecule has 2 N–H and O–H groups in total. The van der Waals surface area contributed by atoms with Crippen LogP contribution >= 0.6 is 0 Å². The van der Waals surface area contributed by atoms with Gasteiger partial charge < -0.3 is 19.9 Å². The highest BCUT2D eigenvalue weighted by atomic mass is 16.5. The molecule has 1 aliphatic heterocycles. The Morgan fingerprint density at radius 1 is 1.08 bits per heavy atom. The van der Waals surface area contributed by atoms with Crippen LogP contribution in [-0.2, 0) is 20.9 Å². The Bertz CT molecular complexity index is 1560. The van der Waals surface area contributed by atoms with Crippen LogP contribution < -0.4 is 10.1 Å². The minimum atomic E-state index is -0.697. The molecule has 0 aromatic heterocycles. The SMILES string of the molecule is COc1ccccc1C1CC(=O)C2=C(C1)NC(C)=C(C(=O)OCc1cccc(C#N)c1)C2c1cccc(O)c1. The Hall–Kier alpha value is -4.83. The van der Waals surface area contributed by atoms with E-state index in [9.17, 15) is 20.0 Å². The maximum Gasteiger partial charge on any atom is 0.337 e. The maximum absolute atomic E-state index is 13.8. The summed E-state index contributed by atoms with van der Waals surface area (Å²) in [5.74, 6) is -0.649. The van der Waals surface area contributed by atoms with Gasteiger partial charge in [0.05, 0.1) is 24.3 Å². The number of dihydropyridines is 1. The Morgan fingerprint density at radius 3 is 2.64 bits per heavy atom. The number of para-hydroxylation sites is 1. The summed E-state index contributed by atoms with van der Waals surface area (Å²) >= 11 is 0. The number of benzene rings is 3. The third-order valence-electron chi connectivity index (χ3n) is 7.26. The fourth-order valence-electron chi connectivity index (χ4n) is 5.53. The molecule has 196 valence electrons. The van der Waals surface area contributed by atoms with Crippen molar-refractivity contribution in [1.82, 2.24) is 5.32 Å². The van der Waals surface area contributed by atoms with Crippen LogP contribution in [0.15, 0.2) is 95.3 Å². The second-order valence-corrected chi connectivity index (χ2v) is 9.74. The highest BCUT2D eigenvalue weighted by Crippen LogP contribution is 2.47. The Balaban J connectivity index is 1.51. The lowest BCUT2D eigenvalue weighted by atomic mass is 9.71. The molecule has 39 heavy (non-hydrogen) atoms. The Morgan fingerprint density at radius 2 is 1.87 bits per heavy atom. The summed E-state index contributed by atoms with van der Waals surface area (Å²) in [6, 6.07) is 23.3. The molecule has 0 radical (unpaired) electrons. The molecule has 0 spiro atoms. The Kier molecular flexibility index (Phi) is 7.20. The quantitative estimate of drug-likeness (QED) is 0.420. The van der Waals surface area contributed by atoms with E-state index in [1.807, 2.05) is 24.3 Å². The molecule has 2 atom stereocenters. The van der Waals surface area contributed by atoms with Gasteiger partial charge in [-0.25, -0.2) is 4.79 Å². The van der Waals surface area contributed by atoms with Crippen LogP contribution in [0, 0.1) is 11.3 Å². The third kappa shape index (κ3) is 5.14. The number of hydrogen-bond donors (Lipinski definition) is 2. The second-order valence-electron chi connectivity index (χ2n) is 9.74. The van der Waals surface area contributed by atoms with Crippen molar-refractivity contribution in [1.29, 1.82) is 5.26 Å².